The van der Waals surface area contributed by atoms with Crippen molar-refractivity contribution < 1.29 is 33.0 Å². The van der Waals surface area contributed by atoms with Crippen LogP contribution in [0.2, 0.25) is 0 Å². The molecule has 2 rings (SSSR count). The fourth-order valence-electron chi connectivity index (χ4n) is 2.27. The summed E-state index contributed by atoms with van der Waals surface area (Å²) < 4.78 is 33.5. The number of hydrogen-bond donors (Lipinski definition) is 2. The van der Waals surface area contributed by atoms with E-state index in [1.54, 1.807) is 36.4 Å². The highest BCUT2D eigenvalue weighted by Crippen LogP contribution is 2.16. The number of amides is 1. The summed E-state index contributed by atoms with van der Waals surface area (Å²) in [7, 11) is 0. The normalized spacial score (nSPS) is 10.5. The summed E-state index contributed by atoms with van der Waals surface area (Å²) in [5, 5.41) is 11.4. The van der Waals surface area contributed by atoms with Crippen molar-refractivity contribution in [1.82, 2.24) is 5.32 Å². The van der Waals surface area contributed by atoms with Crippen LogP contribution in [0.1, 0.15) is 17.5 Å². The molecule has 0 bridgehead atoms. The third-order valence-electron chi connectivity index (χ3n) is 3.54. The van der Waals surface area contributed by atoms with Gasteiger partial charge in [0.05, 0.1) is 0 Å². The molecule has 0 fully saturated rings. The van der Waals surface area contributed by atoms with Gasteiger partial charge in [0.15, 0.2) is 6.61 Å². The minimum Gasteiger partial charge on any atom is -0.482 e. The first-order valence-electron chi connectivity index (χ1n) is 8.16. The molecule has 0 heterocycles. The van der Waals surface area contributed by atoms with E-state index in [4.69, 9.17) is 9.84 Å². The van der Waals surface area contributed by atoms with Crippen LogP contribution >= 0.6 is 0 Å². The van der Waals surface area contributed by atoms with Gasteiger partial charge in [0.25, 0.3) is 0 Å². The van der Waals surface area contributed by atoms with E-state index >= 15 is 0 Å². The van der Waals surface area contributed by atoms with Gasteiger partial charge in [0.2, 0.25) is 5.91 Å². The zero-order valence-electron chi connectivity index (χ0n) is 14.4. The molecule has 0 aliphatic carbocycles. The molecule has 0 unspecified atom stereocenters. The molecule has 6 nitrogen and oxygen atoms in total. The van der Waals surface area contributed by atoms with Crippen LogP contribution in [0.3, 0.4) is 0 Å². The van der Waals surface area contributed by atoms with Crippen LogP contribution in [-0.2, 0) is 22.6 Å². The van der Waals surface area contributed by atoms with Crippen molar-refractivity contribution in [2.75, 3.05) is 6.61 Å². The largest absolute Gasteiger partial charge is 0.482 e. The molecule has 0 spiro atoms. The maximum atomic E-state index is 12.1. The van der Waals surface area contributed by atoms with Crippen LogP contribution in [0.4, 0.5) is 8.78 Å². The predicted molar refractivity (Wildman–Crippen MR) is 92.8 cm³/mol. The molecule has 27 heavy (non-hydrogen) atoms. The third-order valence-corrected chi connectivity index (χ3v) is 3.54. The number of hydrogen-bond acceptors (Lipinski definition) is 4. The van der Waals surface area contributed by atoms with Crippen LogP contribution in [0, 0.1) is 0 Å². The van der Waals surface area contributed by atoms with E-state index < -0.39 is 19.2 Å². The molecule has 2 N–H and O–H groups in total. The molecule has 2 aromatic carbocycles. The quantitative estimate of drug-likeness (QED) is 0.663. The Hall–Kier alpha value is -3.16. The number of halogens is 2. The Labute approximate surface area is 154 Å². The number of carbonyl (C=O) groups excluding carboxylic acids is 1. The van der Waals surface area contributed by atoms with Gasteiger partial charge in [-0.1, -0.05) is 24.3 Å². The fraction of sp³-hybridized carbons (Fsp3) is 0.263. The summed E-state index contributed by atoms with van der Waals surface area (Å²) >= 11 is 0. The van der Waals surface area contributed by atoms with Gasteiger partial charge in [-0.25, -0.2) is 4.79 Å². The molecule has 0 saturated carbocycles. The molecule has 0 aromatic heterocycles. The lowest BCUT2D eigenvalue weighted by molar-refractivity contribution is -0.139. The molecule has 1 amide bonds. The number of carboxylic acids is 1. The molecule has 8 heteroatoms. The first-order chi connectivity index (χ1) is 12.9. The average Bonchev–Trinajstić information content (AvgIpc) is 2.64. The second kappa shape index (κ2) is 10.1. The minimum atomic E-state index is -2.87. The Morgan fingerprint density at radius 2 is 1.78 bits per heavy atom. The van der Waals surface area contributed by atoms with Crippen molar-refractivity contribution in [1.29, 1.82) is 0 Å². The first kappa shape index (κ1) is 20.2. The predicted octanol–water partition coefficient (Wildman–Crippen LogP) is 3.00. The van der Waals surface area contributed by atoms with Crippen molar-refractivity contribution in [2.45, 2.75) is 26.0 Å². The van der Waals surface area contributed by atoms with Gasteiger partial charge in [-0.3, -0.25) is 4.79 Å². The van der Waals surface area contributed by atoms with Crippen LogP contribution in [0.25, 0.3) is 0 Å². The molecular formula is C19H19F2NO5. The van der Waals surface area contributed by atoms with Crippen molar-refractivity contribution >= 4 is 11.9 Å². The smallest absolute Gasteiger partial charge is 0.387 e. The van der Waals surface area contributed by atoms with E-state index in [1.165, 1.54) is 12.1 Å². The second-order valence-electron chi connectivity index (χ2n) is 5.63. The van der Waals surface area contributed by atoms with E-state index in [0.29, 0.717) is 12.2 Å². The van der Waals surface area contributed by atoms with Gasteiger partial charge in [0.1, 0.15) is 11.5 Å². The Morgan fingerprint density at radius 3 is 2.44 bits per heavy atom. The molecule has 2 aromatic rings. The van der Waals surface area contributed by atoms with Crippen LogP contribution in [0.5, 0.6) is 11.5 Å². The van der Waals surface area contributed by atoms with Crippen molar-refractivity contribution in [3.8, 4) is 11.5 Å². The summed E-state index contributed by atoms with van der Waals surface area (Å²) in [5.74, 6) is -0.749. The van der Waals surface area contributed by atoms with E-state index in [0.717, 1.165) is 11.1 Å². The van der Waals surface area contributed by atoms with Gasteiger partial charge >= 0.3 is 12.6 Å². The highest BCUT2D eigenvalue weighted by atomic mass is 19.3. The van der Waals surface area contributed by atoms with Crippen LogP contribution in [0.15, 0.2) is 48.5 Å². The highest BCUT2D eigenvalue weighted by molar-refractivity contribution is 5.76. The van der Waals surface area contributed by atoms with E-state index in [1.807, 2.05) is 0 Å². The number of benzene rings is 2. The van der Waals surface area contributed by atoms with Gasteiger partial charge in [-0.05, 0) is 41.8 Å². The first-order valence-corrected chi connectivity index (χ1v) is 8.16. The fourth-order valence-corrected chi connectivity index (χ4v) is 2.27. The standard InChI is InChI=1S/C19H19F2NO5/c20-19(21)27-15-7-4-13(5-8-15)6-9-17(23)22-11-14-2-1-3-16(10-14)26-12-18(24)25/h1-5,7-8,10,19H,6,9,11-12H2,(H,22,23)(H,24,25). The number of aliphatic carboxylic acids is 1. The molecular weight excluding hydrogens is 360 g/mol. The number of rotatable bonds is 10. The van der Waals surface area contributed by atoms with Crippen molar-refractivity contribution in [3.63, 3.8) is 0 Å². The number of alkyl halides is 2. The van der Waals surface area contributed by atoms with Crippen molar-refractivity contribution in [3.05, 3.63) is 59.7 Å². The van der Waals surface area contributed by atoms with Crippen LogP contribution in [-0.4, -0.2) is 30.2 Å². The van der Waals surface area contributed by atoms with Crippen LogP contribution < -0.4 is 14.8 Å². The zero-order chi connectivity index (χ0) is 19.6. The van der Waals surface area contributed by atoms with Crippen molar-refractivity contribution in [2.24, 2.45) is 0 Å². The minimum absolute atomic E-state index is 0.0724. The third kappa shape index (κ3) is 7.72. The van der Waals surface area contributed by atoms with E-state index in [9.17, 15) is 18.4 Å². The summed E-state index contributed by atoms with van der Waals surface area (Å²) in [6.07, 6.45) is 0.701. The molecule has 0 aliphatic rings. The Bertz CT molecular complexity index is 765. The topological polar surface area (TPSA) is 84.9 Å². The Kier molecular flexibility index (Phi) is 7.54. The summed E-state index contributed by atoms with van der Waals surface area (Å²) in [6, 6.07) is 12.9. The SMILES string of the molecule is O=C(O)COc1cccc(CNC(=O)CCc2ccc(OC(F)F)cc2)c1. The number of carbonyl (C=O) groups is 2. The number of carboxylic acid groups (broad SMARTS) is 1. The van der Waals surface area contributed by atoms with Gasteiger partial charge in [-0.15, -0.1) is 0 Å². The average molecular weight is 379 g/mol. The van der Waals surface area contributed by atoms with Gasteiger partial charge in [0, 0.05) is 13.0 Å². The molecule has 0 radical (unpaired) electrons. The Morgan fingerprint density at radius 1 is 1.04 bits per heavy atom. The zero-order valence-corrected chi connectivity index (χ0v) is 14.4. The number of ether oxygens (including phenoxy) is 2. The maximum Gasteiger partial charge on any atom is 0.387 e. The summed E-state index contributed by atoms with van der Waals surface area (Å²) in [4.78, 5) is 22.5. The Balaban J connectivity index is 1.76. The molecule has 144 valence electrons. The van der Waals surface area contributed by atoms with Gasteiger partial charge < -0.3 is 19.9 Å². The van der Waals surface area contributed by atoms with Gasteiger partial charge in [-0.2, -0.15) is 8.78 Å². The molecule has 0 aliphatic heterocycles. The van der Waals surface area contributed by atoms with E-state index in [2.05, 4.69) is 10.1 Å². The lowest BCUT2D eigenvalue weighted by atomic mass is 10.1. The lowest BCUT2D eigenvalue weighted by Crippen LogP contribution is -2.23. The second-order valence-corrected chi connectivity index (χ2v) is 5.63. The highest BCUT2D eigenvalue weighted by Gasteiger charge is 2.06. The summed E-state index contributed by atoms with van der Waals surface area (Å²) in [5.41, 5.74) is 1.61. The van der Waals surface area contributed by atoms with E-state index in [-0.39, 0.29) is 24.6 Å². The number of aryl methyl sites for hydroxylation is 1. The lowest BCUT2D eigenvalue weighted by Gasteiger charge is -2.08. The molecule has 0 saturated heterocycles. The summed E-state index contributed by atoms with van der Waals surface area (Å²) in [6.45, 7) is -3.02. The maximum absolute atomic E-state index is 12.1. The molecule has 0 atom stereocenters. The number of nitrogens with one attached hydrogen (secondary N) is 1. The monoisotopic (exact) mass is 379 g/mol.